The van der Waals surface area contributed by atoms with Gasteiger partial charge in [-0.05, 0) is 18.2 Å². The smallest absolute Gasteiger partial charge is 0.311 e. The number of benzene rings is 1. The largest absolute Gasteiger partial charge is 0.481 e. The van der Waals surface area contributed by atoms with Crippen molar-refractivity contribution in [1.82, 2.24) is 10.1 Å². The van der Waals surface area contributed by atoms with Gasteiger partial charge in [0.25, 0.3) is 5.89 Å². The Labute approximate surface area is 89.5 Å². The highest BCUT2D eigenvalue weighted by Crippen LogP contribution is 2.17. The molecular formula is C10H7FN2O3. The summed E-state index contributed by atoms with van der Waals surface area (Å²) < 4.78 is 17.7. The Kier molecular flexibility index (Phi) is 2.63. The van der Waals surface area contributed by atoms with E-state index in [1.807, 2.05) is 0 Å². The number of hydrogen-bond acceptors (Lipinski definition) is 4. The molecule has 5 nitrogen and oxygen atoms in total. The number of aliphatic carboxylic acids is 1. The summed E-state index contributed by atoms with van der Waals surface area (Å²) in [6.07, 6.45) is -0.321. The van der Waals surface area contributed by atoms with Crippen LogP contribution in [0.3, 0.4) is 0 Å². The second-order valence-electron chi connectivity index (χ2n) is 3.10. The quantitative estimate of drug-likeness (QED) is 0.851. The van der Waals surface area contributed by atoms with Crippen molar-refractivity contribution in [3.05, 3.63) is 35.9 Å². The lowest BCUT2D eigenvalue weighted by Gasteiger charge is -1.92. The molecular weight excluding hydrogens is 215 g/mol. The maximum atomic E-state index is 12.9. The Morgan fingerprint density at radius 1 is 1.50 bits per heavy atom. The third-order valence-corrected chi connectivity index (χ3v) is 1.85. The molecule has 0 bridgehead atoms. The third kappa shape index (κ3) is 2.22. The first-order chi connectivity index (χ1) is 7.65. The predicted octanol–water partition coefficient (Wildman–Crippen LogP) is 1.50. The van der Waals surface area contributed by atoms with Gasteiger partial charge in [-0.25, -0.2) is 4.39 Å². The van der Waals surface area contributed by atoms with E-state index in [1.165, 1.54) is 18.2 Å². The number of aromatic nitrogens is 2. The summed E-state index contributed by atoms with van der Waals surface area (Å²) >= 11 is 0. The highest BCUT2D eigenvalue weighted by atomic mass is 19.1. The van der Waals surface area contributed by atoms with E-state index in [2.05, 4.69) is 10.1 Å². The van der Waals surface area contributed by atoms with Crippen LogP contribution in [0.5, 0.6) is 0 Å². The first-order valence-electron chi connectivity index (χ1n) is 4.45. The molecule has 0 radical (unpaired) electrons. The normalized spacial score (nSPS) is 10.3. The average molecular weight is 222 g/mol. The van der Waals surface area contributed by atoms with Crippen molar-refractivity contribution in [3.63, 3.8) is 0 Å². The number of carboxylic acid groups (broad SMARTS) is 1. The fourth-order valence-electron chi connectivity index (χ4n) is 1.20. The molecule has 0 spiro atoms. The zero-order valence-electron chi connectivity index (χ0n) is 8.05. The van der Waals surface area contributed by atoms with Crippen LogP contribution in [-0.4, -0.2) is 21.2 Å². The molecule has 0 saturated heterocycles. The summed E-state index contributed by atoms with van der Waals surface area (Å²) in [4.78, 5) is 14.2. The molecule has 0 unspecified atom stereocenters. The molecule has 1 aromatic carbocycles. The van der Waals surface area contributed by atoms with Crippen molar-refractivity contribution >= 4 is 5.97 Å². The molecule has 0 fully saturated rings. The van der Waals surface area contributed by atoms with Gasteiger partial charge >= 0.3 is 5.97 Å². The second-order valence-corrected chi connectivity index (χ2v) is 3.10. The molecule has 0 amide bonds. The first kappa shape index (κ1) is 10.3. The summed E-state index contributed by atoms with van der Waals surface area (Å²) in [6.45, 7) is 0. The number of halogens is 1. The Hall–Kier alpha value is -2.24. The van der Waals surface area contributed by atoms with Crippen molar-refractivity contribution < 1.29 is 18.8 Å². The summed E-state index contributed by atoms with van der Waals surface area (Å²) in [5, 5.41) is 12.0. The minimum Gasteiger partial charge on any atom is -0.481 e. The molecule has 2 aromatic rings. The number of carboxylic acids is 1. The van der Waals surface area contributed by atoms with Gasteiger partial charge in [0.05, 0.1) is 0 Å². The van der Waals surface area contributed by atoms with E-state index in [-0.39, 0.29) is 18.1 Å². The number of rotatable bonds is 3. The molecule has 0 atom stereocenters. The van der Waals surface area contributed by atoms with E-state index in [4.69, 9.17) is 9.63 Å². The van der Waals surface area contributed by atoms with Crippen LogP contribution < -0.4 is 0 Å². The van der Waals surface area contributed by atoms with E-state index in [9.17, 15) is 9.18 Å². The third-order valence-electron chi connectivity index (χ3n) is 1.85. The molecule has 82 valence electrons. The maximum Gasteiger partial charge on any atom is 0.311 e. The molecule has 2 rings (SSSR count). The minimum absolute atomic E-state index is 0.0618. The summed E-state index contributed by atoms with van der Waals surface area (Å²) in [5.74, 6) is -1.30. The number of nitrogens with zero attached hydrogens (tertiary/aromatic N) is 2. The van der Waals surface area contributed by atoms with E-state index < -0.39 is 11.8 Å². The second kappa shape index (κ2) is 4.09. The lowest BCUT2D eigenvalue weighted by Crippen LogP contribution is -2.01. The highest BCUT2D eigenvalue weighted by Gasteiger charge is 2.11. The molecule has 6 heteroatoms. The van der Waals surface area contributed by atoms with Gasteiger partial charge in [0, 0.05) is 5.56 Å². The van der Waals surface area contributed by atoms with Gasteiger partial charge in [0.2, 0.25) is 0 Å². The van der Waals surface area contributed by atoms with Crippen molar-refractivity contribution in [2.75, 3.05) is 0 Å². The molecule has 1 aromatic heterocycles. The summed E-state index contributed by atoms with van der Waals surface area (Å²) in [6, 6.07) is 5.63. The van der Waals surface area contributed by atoms with Gasteiger partial charge in [-0.1, -0.05) is 11.2 Å². The van der Waals surface area contributed by atoms with Crippen LogP contribution in [0.1, 0.15) is 5.82 Å². The Morgan fingerprint density at radius 2 is 2.31 bits per heavy atom. The van der Waals surface area contributed by atoms with E-state index in [1.54, 1.807) is 6.07 Å². The molecule has 1 N–H and O–H groups in total. The first-order valence-corrected chi connectivity index (χ1v) is 4.45. The van der Waals surface area contributed by atoms with Crippen LogP contribution in [-0.2, 0) is 11.2 Å². The maximum absolute atomic E-state index is 12.9. The lowest BCUT2D eigenvalue weighted by atomic mass is 10.2. The van der Waals surface area contributed by atoms with Gasteiger partial charge in [-0.3, -0.25) is 4.79 Å². The highest BCUT2D eigenvalue weighted by molar-refractivity contribution is 5.69. The molecule has 0 saturated carbocycles. The van der Waals surface area contributed by atoms with Crippen LogP contribution in [0, 0.1) is 5.82 Å². The fourth-order valence-corrected chi connectivity index (χ4v) is 1.20. The van der Waals surface area contributed by atoms with Crippen LogP contribution in [0.15, 0.2) is 28.8 Å². The number of carbonyl (C=O) groups is 1. The van der Waals surface area contributed by atoms with Crippen molar-refractivity contribution in [2.45, 2.75) is 6.42 Å². The van der Waals surface area contributed by atoms with Crippen molar-refractivity contribution in [3.8, 4) is 11.5 Å². The van der Waals surface area contributed by atoms with Gasteiger partial charge in [-0.15, -0.1) is 0 Å². The van der Waals surface area contributed by atoms with E-state index in [0.29, 0.717) is 5.56 Å². The minimum atomic E-state index is -1.05. The summed E-state index contributed by atoms with van der Waals surface area (Å²) in [5.41, 5.74) is 0.420. The zero-order valence-corrected chi connectivity index (χ0v) is 8.05. The predicted molar refractivity (Wildman–Crippen MR) is 51.0 cm³/mol. The van der Waals surface area contributed by atoms with Crippen molar-refractivity contribution in [1.29, 1.82) is 0 Å². The zero-order chi connectivity index (χ0) is 11.5. The molecule has 16 heavy (non-hydrogen) atoms. The topological polar surface area (TPSA) is 76.2 Å². The molecule has 0 aliphatic rings. The molecule has 0 aliphatic heterocycles. The van der Waals surface area contributed by atoms with Crippen LogP contribution in [0.2, 0.25) is 0 Å². The van der Waals surface area contributed by atoms with Crippen LogP contribution in [0.25, 0.3) is 11.5 Å². The monoisotopic (exact) mass is 222 g/mol. The van der Waals surface area contributed by atoms with E-state index in [0.717, 1.165) is 0 Å². The van der Waals surface area contributed by atoms with Gasteiger partial charge < -0.3 is 9.63 Å². The Balaban J connectivity index is 2.28. The van der Waals surface area contributed by atoms with Gasteiger partial charge in [0.15, 0.2) is 5.82 Å². The summed E-state index contributed by atoms with van der Waals surface area (Å²) in [7, 11) is 0. The Bertz CT molecular complexity index is 524. The molecule has 1 heterocycles. The van der Waals surface area contributed by atoms with Gasteiger partial charge in [-0.2, -0.15) is 4.98 Å². The van der Waals surface area contributed by atoms with Crippen LogP contribution >= 0.6 is 0 Å². The van der Waals surface area contributed by atoms with Gasteiger partial charge in [0.1, 0.15) is 12.2 Å². The lowest BCUT2D eigenvalue weighted by molar-refractivity contribution is -0.136. The average Bonchev–Trinajstić information content (AvgIpc) is 2.65. The SMILES string of the molecule is O=C(O)Cc1noc(-c2cccc(F)c2)n1. The fraction of sp³-hybridized carbons (Fsp3) is 0.100. The van der Waals surface area contributed by atoms with Crippen LogP contribution in [0.4, 0.5) is 4.39 Å². The van der Waals surface area contributed by atoms with E-state index >= 15 is 0 Å². The van der Waals surface area contributed by atoms with Crippen molar-refractivity contribution in [2.24, 2.45) is 0 Å². The standard InChI is InChI=1S/C10H7FN2O3/c11-7-3-1-2-6(4-7)10-12-8(13-16-10)5-9(14)15/h1-4H,5H2,(H,14,15). The number of hydrogen-bond donors (Lipinski definition) is 1. The molecule has 0 aliphatic carbocycles. The Morgan fingerprint density at radius 3 is 3.00 bits per heavy atom.